The molecular weight excluding hydrogens is 404 g/mol. The molecule has 2 aliphatic heterocycles. The smallest absolute Gasteiger partial charge is 0.244 e. The first-order valence-electron chi connectivity index (χ1n) is 12.0. The summed E-state index contributed by atoms with van der Waals surface area (Å²) in [6, 6.07) is 1.68. The summed E-state index contributed by atoms with van der Waals surface area (Å²) in [5.41, 5.74) is 2.04. The molecule has 3 aliphatic rings. The molecule has 1 atom stereocenters. The number of aryl methyl sites for hydroxylation is 1. The lowest BCUT2D eigenvalue weighted by Crippen LogP contribution is -2.41. The van der Waals surface area contributed by atoms with Gasteiger partial charge < -0.3 is 4.90 Å². The first-order chi connectivity index (χ1) is 15.6. The van der Waals surface area contributed by atoms with Crippen LogP contribution in [0, 0.1) is 12.8 Å². The predicted octanol–water partition coefficient (Wildman–Crippen LogP) is 3.20. The molecule has 1 saturated heterocycles. The number of rotatable bonds is 5. The normalized spacial score (nSPS) is 21.8. The first kappa shape index (κ1) is 21.1. The van der Waals surface area contributed by atoms with E-state index in [2.05, 4.69) is 5.10 Å². The van der Waals surface area contributed by atoms with E-state index in [-0.39, 0.29) is 24.4 Å². The fraction of sp³-hybridized carbons (Fsp3) is 0.625. The number of aromatic nitrogens is 4. The van der Waals surface area contributed by atoms with Crippen LogP contribution in [0.5, 0.6) is 0 Å². The highest BCUT2D eigenvalue weighted by Gasteiger charge is 2.35. The molecule has 0 N–H and O–H groups in total. The average molecular weight is 437 g/mol. The highest BCUT2D eigenvalue weighted by atomic mass is 16.2. The summed E-state index contributed by atoms with van der Waals surface area (Å²) >= 11 is 0. The van der Waals surface area contributed by atoms with E-state index in [4.69, 9.17) is 9.97 Å². The summed E-state index contributed by atoms with van der Waals surface area (Å²) < 4.78 is 1.65. The van der Waals surface area contributed by atoms with E-state index in [0.717, 1.165) is 36.5 Å². The Morgan fingerprint density at radius 2 is 1.94 bits per heavy atom. The SMILES string of the molecule is Cc1nc(C2CCCN2C(=O)Cn2cccn2)nc2c1CCC(=O)N2CC1CCCCC1. The third kappa shape index (κ3) is 4.14. The maximum Gasteiger partial charge on any atom is 0.244 e. The van der Waals surface area contributed by atoms with Gasteiger partial charge in [0.05, 0.1) is 6.04 Å². The average Bonchev–Trinajstić information content (AvgIpc) is 3.48. The van der Waals surface area contributed by atoms with Crippen LogP contribution in [0.4, 0.5) is 5.82 Å². The zero-order chi connectivity index (χ0) is 22.1. The van der Waals surface area contributed by atoms with Gasteiger partial charge in [0, 0.05) is 43.2 Å². The summed E-state index contributed by atoms with van der Waals surface area (Å²) in [5, 5.41) is 4.16. The van der Waals surface area contributed by atoms with Gasteiger partial charge in [0.15, 0.2) is 5.82 Å². The van der Waals surface area contributed by atoms with Crippen LogP contribution in [0.15, 0.2) is 18.5 Å². The molecule has 1 aliphatic carbocycles. The van der Waals surface area contributed by atoms with Gasteiger partial charge in [0.2, 0.25) is 11.8 Å². The van der Waals surface area contributed by atoms with Crippen molar-refractivity contribution in [2.45, 2.75) is 77.3 Å². The van der Waals surface area contributed by atoms with Crippen LogP contribution in [0.3, 0.4) is 0 Å². The number of hydrogen-bond donors (Lipinski definition) is 0. The second-order valence-corrected chi connectivity index (χ2v) is 9.43. The van der Waals surface area contributed by atoms with Gasteiger partial charge in [-0.05, 0) is 51.0 Å². The van der Waals surface area contributed by atoms with Crippen molar-refractivity contribution in [2.75, 3.05) is 18.0 Å². The maximum absolute atomic E-state index is 13.0. The number of fused-ring (bicyclic) bond motifs is 1. The van der Waals surface area contributed by atoms with E-state index < -0.39 is 0 Å². The Morgan fingerprint density at radius 1 is 1.09 bits per heavy atom. The third-order valence-electron chi connectivity index (χ3n) is 7.25. The summed E-state index contributed by atoms with van der Waals surface area (Å²) in [5.74, 6) is 2.23. The number of carbonyl (C=O) groups is 2. The van der Waals surface area contributed by atoms with Crippen LogP contribution in [-0.4, -0.2) is 49.6 Å². The fourth-order valence-electron chi connectivity index (χ4n) is 5.53. The highest BCUT2D eigenvalue weighted by Crippen LogP contribution is 2.36. The van der Waals surface area contributed by atoms with Crippen molar-refractivity contribution in [3.63, 3.8) is 0 Å². The molecule has 32 heavy (non-hydrogen) atoms. The second kappa shape index (κ2) is 9.00. The molecule has 2 fully saturated rings. The van der Waals surface area contributed by atoms with Gasteiger partial charge in [-0.15, -0.1) is 0 Å². The Kier molecular flexibility index (Phi) is 5.93. The topological polar surface area (TPSA) is 84.2 Å². The molecule has 5 rings (SSSR count). The van der Waals surface area contributed by atoms with Crippen molar-refractivity contribution < 1.29 is 9.59 Å². The third-order valence-corrected chi connectivity index (χ3v) is 7.25. The Hall–Kier alpha value is -2.77. The summed E-state index contributed by atoms with van der Waals surface area (Å²) in [7, 11) is 0. The van der Waals surface area contributed by atoms with E-state index in [1.807, 2.05) is 22.8 Å². The van der Waals surface area contributed by atoms with Gasteiger partial charge in [-0.25, -0.2) is 9.97 Å². The Labute approximate surface area is 189 Å². The van der Waals surface area contributed by atoms with Crippen molar-refractivity contribution in [1.29, 1.82) is 0 Å². The number of likely N-dealkylation sites (tertiary alicyclic amines) is 1. The molecule has 0 radical (unpaired) electrons. The molecule has 8 nitrogen and oxygen atoms in total. The van der Waals surface area contributed by atoms with Crippen molar-refractivity contribution in [2.24, 2.45) is 5.92 Å². The lowest BCUT2D eigenvalue weighted by atomic mass is 9.88. The van der Waals surface area contributed by atoms with Crippen LogP contribution < -0.4 is 4.90 Å². The molecule has 0 spiro atoms. The monoisotopic (exact) mass is 436 g/mol. The van der Waals surface area contributed by atoms with Gasteiger partial charge in [-0.1, -0.05) is 19.3 Å². The second-order valence-electron chi connectivity index (χ2n) is 9.43. The molecule has 0 bridgehead atoms. The van der Waals surface area contributed by atoms with E-state index >= 15 is 0 Å². The molecular formula is C24H32N6O2. The van der Waals surface area contributed by atoms with Crippen LogP contribution in [-0.2, 0) is 22.6 Å². The van der Waals surface area contributed by atoms with Crippen molar-refractivity contribution in [3.8, 4) is 0 Å². The van der Waals surface area contributed by atoms with Crippen molar-refractivity contribution in [1.82, 2.24) is 24.6 Å². The van der Waals surface area contributed by atoms with Gasteiger partial charge >= 0.3 is 0 Å². The minimum Gasteiger partial charge on any atom is -0.331 e. The van der Waals surface area contributed by atoms with Gasteiger partial charge in [-0.3, -0.25) is 19.2 Å². The number of hydrogen-bond acceptors (Lipinski definition) is 5. The van der Waals surface area contributed by atoms with Gasteiger partial charge in [-0.2, -0.15) is 5.10 Å². The quantitative estimate of drug-likeness (QED) is 0.719. The molecule has 8 heteroatoms. The van der Waals surface area contributed by atoms with Crippen LogP contribution >= 0.6 is 0 Å². The molecule has 0 aromatic carbocycles. The Bertz CT molecular complexity index is 983. The number of nitrogens with zero attached hydrogens (tertiary/aromatic N) is 6. The van der Waals surface area contributed by atoms with E-state index in [9.17, 15) is 9.59 Å². The Morgan fingerprint density at radius 3 is 2.72 bits per heavy atom. The molecule has 2 aromatic heterocycles. The van der Waals surface area contributed by atoms with Crippen molar-refractivity contribution in [3.05, 3.63) is 35.5 Å². The summed E-state index contributed by atoms with van der Waals surface area (Å²) in [6.07, 6.45) is 12.7. The first-order valence-corrected chi connectivity index (χ1v) is 12.0. The minimum absolute atomic E-state index is 0.0327. The van der Waals surface area contributed by atoms with Crippen molar-refractivity contribution >= 4 is 17.6 Å². The van der Waals surface area contributed by atoms with E-state index in [1.165, 1.54) is 32.1 Å². The van der Waals surface area contributed by atoms with E-state index in [0.29, 0.717) is 31.1 Å². The van der Waals surface area contributed by atoms with E-state index in [1.54, 1.807) is 17.1 Å². The summed E-state index contributed by atoms with van der Waals surface area (Å²) in [4.78, 5) is 39.5. The number of amides is 2. The van der Waals surface area contributed by atoms with Crippen LogP contribution in [0.25, 0.3) is 0 Å². The molecule has 170 valence electrons. The zero-order valence-electron chi connectivity index (χ0n) is 18.9. The lowest BCUT2D eigenvalue weighted by Gasteiger charge is -2.34. The Balaban J connectivity index is 1.42. The number of carbonyl (C=O) groups excluding carboxylic acids is 2. The molecule has 2 amide bonds. The predicted molar refractivity (Wildman–Crippen MR) is 120 cm³/mol. The van der Waals surface area contributed by atoms with Gasteiger partial charge in [0.25, 0.3) is 0 Å². The molecule has 1 saturated carbocycles. The number of anilines is 1. The molecule has 1 unspecified atom stereocenters. The highest BCUT2D eigenvalue weighted by molar-refractivity contribution is 5.95. The molecule has 4 heterocycles. The van der Waals surface area contributed by atoms with Crippen LogP contribution in [0.1, 0.15) is 74.5 Å². The zero-order valence-corrected chi connectivity index (χ0v) is 18.9. The van der Waals surface area contributed by atoms with Crippen LogP contribution in [0.2, 0.25) is 0 Å². The largest absolute Gasteiger partial charge is 0.331 e. The fourth-order valence-corrected chi connectivity index (χ4v) is 5.53. The summed E-state index contributed by atoms with van der Waals surface area (Å²) in [6.45, 7) is 3.70. The maximum atomic E-state index is 13.0. The lowest BCUT2D eigenvalue weighted by molar-refractivity contribution is -0.133. The standard InChI is InChI=1S/C24H32N6O2/c1-17-19-10-11-21(31)30(15-18-7-3-2-4-8-18)24(19)27-23(26-17)20-9-5-14-29(20)22(32)16-28-13-6-12-25-28/h6,12-13,18,20H,2-5,7-11,14-16H2,1H3. The molecule has 2 aromatic rings. The van der Waals surface area contributed by atoms with Gasteiger partial charge in [0.1, 0.15) is 12.4 Å². The minimum atomic E-state index is -0.143.